The monoisotopic (exact) mass is 299 g/mol. The molecular formula is C14H25N3O4. The minimum atomic E-state index is -1.00. The van der Waals surface area contributed by atoms with Gasteiger partial charge in [0.05, 0.1) is 5.41 Å². The molecule has 21 heavy (non-hydrogen) atoms. The van der Waals surface area contributed by atoms with E-state index in [0.717, 1.165) is 0 Å². The molecule has 3 amide bonds. The fraction of sp³-hybridized carbons (Fsp3) is 0.786. The number of likely N-dealkylation sites (N-methyl/N-ethyl adjacent to an activating group) is 1. The average Bonchev–Trinajstić information content (AvgIpc) is 2.41. The van der Waals surface area contributed by atoms with E-state index >= 15 is 0 Å². The van der Waals surface area contributed by atoms with Crippen molar-refractivity contribution in [3.8, 4) is 0 Å². The summed E-state index contributed by atoms with van der Waals surface area (Å²) >= 11 is 0. The second-order valence-electron chi connectivity index (χ2n) is 6.32. The van der Waals surface area contributed by atoms with Gasteiger partial charge in [0.2, 0.25) is 5.91 Å². The molecule has 1 heterocycles. The summed E-state index contributed by atoms with van der Waals surface area (Å²) in [6.45, 7) is 7.69. The Bertz CT molecular complexity index is 450. The third-order valence-electron chi connectivity index (χ3n) is 4.38. The molecule has 7 nitrogen and oxygen atoms in total. The lowest BCUT2D eigenvalue weighted by Gasteiger charge is -2.44. The summed E-state index contributed by atoms with van der Waals surface area (Å²) in [5.41, 5.74) is -1.93. The summed E-state index contributed by atoms with van der Waals surface area (Å²) in [6, 6.07) is -0.401. The Morgan fingerprint density at radius 1 is 1.38 bits per heavy atom. The molecule has 1 atom stereocenters. The smallest absolute Gasteiger partial charge is 0.318 e. The number of aliphatic carboxylic acids is 1. The van der Waals surface area contributed by atoms with Crippen LogP contribution in [0.15, 0.2) is 0 Å². The number of nitrogens with one attached hydrogen (secondary N) is 1. The molecule has 0 aliphatic carbocycles. The first-order valence-corrected chi connectivity index (χ1v) is 7.10. The number of carboxylic acid groups (broad SMARTS) is 1. The number of hydrogen-bond donors (Lipinski definition) is 2. The Morgan fingerprint density at radius 2 is 1.95 bits per heavy atom. The Hall–Kier alpha value is -1.79. The Balaban J connectivity index is 2.76. The highest BCUT2D eigenvalue weighted by molar-refractivity contribution is 5.91. The van der Waals surface area contributed by atoms with E-state index in [4.69, 9.17) is 0 Å². The number of carboxylic acids is 1. The summed E-state index contributed by atoms with van der Waals surface area (Å²) in [5, 5.41) is 11.9. The first-order chi connectivity index (χ1) is 9.56. The zero-order chi connectivity index (χ0) is 16.4. The van der Waals surface area contributed by atoms with Gasteiger partial charge in [0, 0.05) is 26.7 Å². The highest BCUT2D eigenvalue weighted by Crippen LogP contribution is 2.23. The van der Waals surface area contributed by atoms with Gasteiger partial charge in [0.25, 0.3) is 0 Å². The summed E-state index contributed by atoms with van der Waals surface area (Å²) in [6.07, 6.45) is 0.410. The van der Waals surface area contributed by atoms with Crippen molar-refractivity contribution in [2.75, 3.05) is 26.7 Å². The van der Waals surface area contributed by atoms with E-state index in [1.165, 1.54) is 4.90 Å². The molecule has 0 radical (unpaired) electrons. The lowest BCUT2D eigenvalue weighted by Crippen LogP contribution is -2.65. The van der Waals surface area contributed by atoms with Crippen LogP contribution < -0.4 is 5.32 Å². The van der Waals surface area contributed by atoms with Crippen LogP contribution in [0.1, 0.15) is 34.1 Å². The van der Waals surface area contributed by atoms with E-state index in [1.54, 1.807) is 39.6 Å². The predicted octanol–water partition coefficient (Wildman–Crippen LogP) is 0.750. The second kappa shape index (κ2) is 5.91. The molecule has 7 heteroatoms. The van der Waals surface area contributed by atoms with Gasteiger partial charge in [-0.25, -0.2) is 4.79 Å². The van der Waals surface area contributed by atoms with Gasteiger partial charge in [-0.1, -0.05) is 6.92 Å². The number of rotatable bonds is 4. The van der Waals surface area contributed by atoms with Gasteiger partial charge in [-0.05, 0) is 27.2 Å². The molecular weight excluding hydrogens is 274 g/mol. The van der Waals surface area contributed by atoms with Crippen molar-refractivity contribution < 1.29 is 19.5 Å². The molecule has 0 spiro atoms. The van der Waals surface area contributed by atoms with E-state index in [-0.39, 0.29) is 12.5 Å². The van der Waals surface area contributed by atoms with Crippen LogP contribution in [0.25, 0.3) is 0 Å². The summed E-state index contributed by atoms with van der Waals surface area (Å²) < 4.78 is 0. The molecule has 0 aromatic rings. The molecule has 1 aliphatic heterocycles. The zero-order valence-electron chi connectivity index (χ0n) is 13.4. The van der Waals surface area contributed by atoms with Gasteiger partial charge < -0.3 is 20.2 Å². The van der Waals surface area contributed by atoms with Crippen molar-refractivity contribution in [1.82, 2.24) is 15.1 Å². The fourth-order valence-electron chi connectivity index (χ4n) is 2.29. The van der Waals surface area contributed by atoms with Crippen LogP contribution in [0.4, 0.5) is 4.79 Å². The zero-order valence-corrected chi connectivity index (χ0v) is 13.4. The number of amides is 3. The Labute approximate surface area is 125 Å². The first kappa shape index (κ1) is 17.3. The molecule has 0 aromatic carbocycles. The normalized spacial score (nSPS) is 20.9. The van der Waals surface area contributed by atoms with E-state index < -0.39 is 23.0 Å². The topological polar surface area (TPSA) is 90.0 Å². The molecule has 0 aromatic heterocycles. The standard InChI is InChI=1S/C14H25N3O4/c1-6-14(4,11(19)20)9-15-12(21)17-8-7-16(5)10(18)13(17,2)3/h6-9H2,1-5H3,(H,15,21)(H,19,20). The third kappa shape index (κ3) is 3.28. The van der Waals surface area contributed by atoms with Crippen LogP contribution in [-0.4, -0.2) is 65.0 Å². The third-order valence-corrected chi connectivity index (χ3v) is 4.38. The molecule has 1 rings (SSSR count). The molecule has 1 unspecified atom stereocenters. The van der Waals surface area contributed by atoms with Gasteiger partial charge >= 0.3 is 12.0 Å². The Kier molecular flexibility index (Phi) is 4.86. The lowest BCUT2D eigenvalue weighted by atomic mass is 9.88. The SMILES string of the molecule is CCC(C)(CNC(=O)N1CCN(C)C(=O)C1(C)C)C(=O)O. The molecule has 1 saturated heterocycles. The first-order valence-electron chi connectivity index (χ1n) is 7.10. The highest BCUT2D eigenvalue weighted by Gasteiger charge is 2.43. The van der Waals surface area contributed by atoms with Crippen molar-refractivity contribution in [3.63, 3.8) is 0 Å². The van der Waals surface area contributed by atoms with E-state index in [2.05, 4.69) is 5.32 Å². The molecule has 1 fully saturated rings. The van der Waals surface area contributed by atoms with Gasteiger partial charge in [-0.3, -0.25) is 9.59 Å². The molecule has 0 bridgehead atoms. The van der Waals surface area contributed by atoms with Crippen molar-refractivity contribution in [3.05, 3.63) is 0 Å². The van der Waals surface area contributed by atoms with Gasteiger partial charge in [-0.15, -0.1) is 0 Å². The van der Waals surface area contributed by atoms with E-state index in [0.29, 0.717) is 19.5 Å². The average molecular weight is 299 g/mol. The fourth-order valence-corrected chi connectivity index (χ4v) is 2.29. The van der Waals surface area contributed by atoms with Crippen LogP contribution in [-0.2, 0) is 9.59 Å². The van der Waals surface area contributed by atoms with Crippen molar-refractivity contribution in [2.24, 2.45) is 5.41 Å². The number of hydrogen-bond acceptors (Lipinski definition) is 3. The van der Waals surface area contributed by atoms with Crippen LogP contribution >= 0.6 is 0 Å². The van der Waals surface area contributed by atoms with Crippen molar-refractivity contribution >= 4 is 17.9 Å². The van der Waals surface area contributed by atoms with Gasteiger partial charge in [0.1, 0.15) is 5.54 Å². The maximum atomic E-state index is 12.3. The number of nitrogens with zero attached hydrogens (tertiary/aromatic N) is 2. The Morgan fingerprint density at radius 3 is 2.43 bits per heavy atom. The number of carbonyl (C=O) groups is 3. The summed E-state index contributed by atoms with van der Waals surface area (Å²) in [4.78, 5) is 38.7. The maximum Gasteiger partial charge on any atom is 0.318 e. The largest absolute Gasteiger partial charge is 0.481 e. The van der Waals surface area contributed by atoms with E-state index in [1.807, 2.05) is 0 Å². The van der Waals surface area contributed by atoms with E-state index in [9.17, 15) is 19.5 Å². The van der Waals surface area contributed by atoms with Gasteiger partial charge in [0.15, 0.2) is 0 Å². The molecule has 0 saturated carbocycles. The minimum absolute atomic E-state index is 0.0360. The minimum Gasteiger partial charge on any atom is -0.481 e. The quantitative estimate of drug-likeness (QED) is 0.801. The van der Waals surface area contributed by atoms with Gasteiger partial charge in [-0.2, -0.15) is 0 Å². The van der Waals surface area contributed by atoms with Crippen LogP contribution in [0.2, 0.25) is 0 Å². The predicted molar refractivity (Wildman–Crippen MR) is 77.9 cm³/mol. The number of carbonyl (C=O) groups excluding carboxylic acids is 2. The maximum absolute atomic E-state index is 12.3. The lowest BCUT2D eigenvalue weighted by molar-refractivity contribution is -0.148. The molecule has 2 N–H and O–H groups in total. The number of urea groups is 1. The highest BCUT2D eigenvalue weighted by atomic mass is 16.4. The number of piperazine rings is 1. The van der Waals surface area contributed by atoms with Crippen molar-refractivity contribution in [2.45, 2.75) is 39.7 Å². The summed E-state index contributed by atoms with van der Waals surface area (Å²) in [5.74, 6) is -1.07. The summed E-state index contributed by atoms with van der Waals surface area (Å²) in [7, 11) is 1.71. The second-order valence-corrected chi connectivity index (χ2v) is 6.32. The van der Waals surface area contributed by atoms with Crippen LogP contribution in [0, 0.1) is 5.41 Å². The molecule has 1 aliphatic rings. The van der Waals surface area contributed by atoms with Crippen LogP contribution in [0.3, 0.4) is 0 Å². The van der Waals surface area contributed by atoms with Crippen molar-refractivity contribution in [1.29, 1.82) is 0 Å². The molecule has 120 valence electrons. The van der Waals surface area contributed by atoms with Crippen LogP contribution in [0.5, 0.6) is 0 Å².